The second kappa shape index (κ2) is 5.73. The van der Waals surface area contributed by atoms with Crippen LogP contribution in [0.5, 0.6) is 0 Å². The molecule has 3 aromatic carbocycles. The lowest BCUT2D eigenvalue weighted by Gasteiger charge is -2.06. The molecule has 0 aliphatic heterocycles. The molecule has 0 aliphatic carbocycles. The van der Waals surface area contributed by atoms with E-state index in [0.29, 0.717) is 0 Å². The first-order valence-corrected chi connectivity index (χ1v) is 7.52. The van der Waals surface area contributed by atoms with Crippen LogP contribution in [-0.4, -0.2) is 10.1 Å². The van der Waals surface area contributed by atoms with Crippen LogP contribution in [0.15, 0.2) is 71.3 Å². The minimum Gasteiger partial charge on any atom is -0.334 e. The Morgan fingerprint density at radius 2 is 1.60 bits per heavy atom. The SMILES string of the molecule is FC(F)(F)c1cccc(-c2noc(-c3cccc4ccccc34)n2)c1. The Labute approximate surface area is 140 Å². The van der Waals surface area contributed by atoms with E-state index in [1.807, 2.05) is 42.5 Å². The zero-order valence-corrected chi connectivity index (χ0v) is 12.8. The van der Waals surface area contributed by atoms with E-state index in [9.17, 15) is 13.2 Å². The van der Waals surface area contributed by atoms with E-state index in [2.05, 4.69) is 10.1 Å². The fraction of sp³-hybridized carbons (Fsp3) is 0.0526. The van der Waals surface area contributed by atoms with Gasteiger partial charge in [-0.1, -0.05) is 53.7 Å². The highest BCUT2D eigenvalue weighted by Gasteiger charge is 2.30. The molecule has 0 bridgehead atoms. The highest BCUT2D eigenvalue weighted by atomic mass is 19.4. The van der Waals surface area contributed by atoms with E-state index in [1.54, 1.807) is 0 Å². The molecule has 0 amide bonds. The van der Waals surface area contributed by atoms with Gasteiger partial charge in [0, 0.05) is 11.1 Å². The smallest absolute Gasteiger partial charge is 0.334 e. The van der Waals surface area contributed by atoms with Crippen molar-refractivity contribution in [2.24, 2.45) is 0 Å². The third-order valence-electron chi connectivity index (χ3n) is 3.89. The number of hydrogen-bond acceptors (Lipinski definition) is 3. The average molecular weight is 340 g/mol. The summed E-state index contributed by atoms with van der Waals surface area (Å²) < 4.78 is 43.9. The van der Waals surface area contributed by atoms with Gasteiger partial charge in [-0.15, -0.1) is 0 Å². The fourth-order valence-electron chi connectivity index (χ4n) is 2.70. The standard InChI is InChI=1S/C19H11F3N2O/c20-19(21,22)14-8-3-7-13(11-14)17-23-18(25-24-17)16-10-4-6-12-5-1-2-9-15(12)16/h1-11H. The first-order valence-electron chi connectivity index (χ1n) is 7.52. The Hall–Kier alpha value is -3.15. The minimum atomic E-state index is -4.42. The van der Waals surface area contributed by atoms with Crippen molar-refractivity contribution in [1.29, 1.82) is 0 Å². The molecule has 0 fully saturated rings. The molecule has 0 radical (unpaired) electrons. The van der Waals surface area contributed by atoms with Crippen molar-refractivity contribution in [2.75, 3.05) is 0 Å². The Kier molecular flexibility index (Phi) is 3.53. The quantitative estimate of drug-likeness (QED) is 0.478. The lowest BCUT2D eigenvalue weighted by Crippen LogP contribution is -2.04. The van der Waals surface area contributed by atoms with Gasteiger partial charge < -0.3 is 4.52 Å². The summed E-state index contributed by atoms with van der Waals surface area (Å²) in [6.45, 7) is 0. The van der Waals surface area contributed by atoms with Crippen LogP contribution in [0.25, 0.3) is 33.6 Å². The summed E-state index contributed by atoms with van der Waals surface area (Å²) in [4.78, 5) is 4.28. The van der Waals surface area contributed by atoms with Crippen molar-refractivity contribution in [3.63, 3.8) is 0 Å². The van der Waals surface area contributed by atoms with E-state index >= 15 is 0 Å². The van der Waals surface area contributed by atoms with Gasteiger partial charge in [0.15, 0.2) is 0 Å². The summed E-state index contributed by atoms with van der Waals surface area (Å²) in [6.07, 6.45) is -4.42. The number of aromatic nitrogens is 2. The van der Waals surface area contributed by atoms with Crippen molar-refractivity contribution in [2.45, 2.75) is 6.18 Å². The van der Waals surface area contributed by atoms with Crippen molar-refractivity contribution >= 4 is 10.8 Å². The number of hydrogen-bond donors (Lipinski definition) is 0. The Morgan fingerprint density at radius 3 is 2.44 bits per heavy atom. The van der Waals surface area contributed by atoms with Gasteiger partial charge in [0.1, 0.15) is 0 Å². The van der Waals surface area contributed by atoms with E-state index in [0.717, 1.165) is 28.5 Å². The minimum absolute atomic E-state index is 0.119. The molecule has 0 N–H and O–H groups in total. The zero-order chi connectivity index (χ0) is 17.4. The normalized spacial score (nSPS) is 11.8. The van der Waals surface area contributed by atoms with E-state index in [4.69, 9.17) is 4.52 Å². The summed E-state index contributed by atoms with van der Waals surface area (Å²) in [7, 11) is 0. The molecule has 0 aliphatic rings. The van der Waals surface area contributed by atoms with E-state index in [1.165, 1.54) is 12.1 Å². The van der Waals surface area contributed by atoms with Gasteiger partial charge in [0.05, 0.1) is 5.56 Å². The van der Waals surface area contributed by atoms with Gasteiger partial charge >= 0.3 is 6.18 Å². The molecule has 0 saturated heterocycles. The molecular formula is C19H11F3N2O. The van der Waals surface area contributed by atoms with Crippen LogP contribution in [0.3, 0.4) is 0 Å². The fourth-order valence-corrected chi connectivity index (χ4v) is 2.70. The van der Waals surface area contributed by atoms with Gasteiger partial charge in [0.2, 0.25) is 5.82 Å². The summed E-state index contributed by atoms with van der Waals surface area (Å²) in [5, 5.41) is 5.79. The maximum absolute atomic E-state index is 12.9. The largest absolute Gasteiger partial charge is 0.416 e. The molecule has 1 aromatic heterocycles. The molecule has 0 spiro atoms. The van der Waals surface area contributed by atoms with E-state index < -0.39 is 11.7 Å². The number of fused-ring (bicyclic) bond motifs is 1. The van der Waals surface area contributed by atoms with Crippen LogP contribution >= 0.6 is 0 Å². The Balaban J connectivity index is 1.78. The molecule has 124 valence electrons. The number of alkyl halides is 3. The zero-order valence-electron chi connectivity index (χ0n) is 12.8. The van der Waals surface area contributed by atoms with Crippen LogP contribution in [0, 0.1) is 0 Å². The second-order valence-electron chi connectivity index (χ2n) is 5.53. The summed E-state index contributed by atoms with van der Waals surface area (Å²) in [5.74, 6) is 0.387. The van der Waals surface area contributed by atoms with Crippen LogP contribution in [0.2, 0.25) is 0 Å². The predicted octanol–water partition coefficient (Wildman–Crippen LogP) is 5.58. The first kappa shape index (κ1) is 15.4. The lowest BCUT2D eigenvalue weighted by atomic mass is 10.0. The summed E-state index contributed by atoms with van der Waals surface area (Å²) in [6, 6.07) is 18.2. The predicted molar refractivity (Wildman–Crippen MR) is 87.7 cm³/mol. The van der Waals surface area contributed by atoms with Crippen molar-refractivity contribution in [1.82, 2.24) is 10.1 Å². The van der Waals surface area contributed by atoms with Gasteiger partial charge in [-0.25, -0.2) is 0 Å². The molecule has 25 heavy (non-hydrogen) atoms. The molecule has 0 unspecified atom stereocenters. The van der Waals surface area contributed by atoms with Crippen LogP contribution < -0.4 is 0 Å². The van der Waals surface area contributed by atoms with E-state index in [-0.39, 0.29) is 17.3 Å². The van der Waals surface area contributed by atoms with Crippen LogP contribution in [0.1, 0.15) is 5.56 Å². The summed E-state index contributed by atoms with van der Waals surface area (Å²) >= 11 is 0. The third-order valence-corrected chi connectivity index (χ3v) is 3.89. The third kappa shape index (κ3) is 2.87. The topological polar surface area (TPSA) is 38.9 Å². The van der Waals surface area contributed by atoms with Gasteiger partial charge in [-0.2, -0.15) is 18.2 Å². The number of rotatable bonds is 2. The number of halogens is 3. The molecule has 0 atom stereocenters. The van der Waals surface area contributed by atoms with Crippen LogP contribution in [0.4, 0.5) is 13.2 Å². The van der Waals surface area contributed by atoms with Crippen LogP contribution in [-0.2, 0) is 6.18 Å². The molecule has 4 rings (SSSR count). The van der Waals surface area contributed by atoms with Gasteiger partial charge in [-0.05, 0) is 29.0 Å². The maximum Gasteiger partial charge on any atom is 0.416 e. The molecule has 4 aromatic rings. The summed E-state index contributed by atoms with van der Waals surface area (Å²) in [5.41, 5.74) is 0.246. The highest BCUT2D eigenvalue weighted by Crippen LogP contribution is 2.33. The molecule has 0 saturated carbocycles. The van der Waals surface area contributed by atoms with Crippen molar-refractivity contribution in [3.05, 3.63) is 72.3 Å². The van der Waals surface area contributed by atoms with Crippen molar-refractivity contribution in [3.8, 4) is 22.8 Å². The monoisotopic (exact) mass is 340 g/mol. The van der Waals surface area contributed by atoms with Crippen molar-refractivity contribution < 1.29 is 17.7 Å². The Morgan fingerprint density at radius 1 is 0.840 bits per heavy atom. The number of benzene rings is 3. The maximum atomic E-state index is 12.9. The first-order chi connectivity index (χ1) is 12.0. The number of nitrogens with zero attached hydrogens (tertiary/aromatic N) is 2. The van der Waals surface area contributed by atoms with Gasteiger partial charge in [-0.3, -0.25) is 0 Å². The highest BCUT2D eigenvalue weighted by molar-refractivity contribution is 5.94. The Bertz CT molecular complexity index is 1050. The molecule has 1 heterocycles. The second-order valence-corrected chi connectivity index (χ2v) is 5.53. The van der Waals surface area contributed by atoms with Gasteiger partial charge in [0.25, 0.3) is 5.89 Å². The molecule has 3 nitrogen and oxygen atoms in total. The molecule has 6 heteroatoms. The molecular weight excluding hydrogens is 329 g/mol. The average Bonchev–Trinajstić information content (AvgIpc) is 3.10. The lowest BCUT2D eigenvalue weighted by molar-refractivity contribution is -0.137.